The van der Waals surface area contributed by atoms with Crippen LogP contribution in [-0.2, 0) is 13.1 Å². The Labute approximate surface area is 159 Å². The van der Waals surface area contributed by atoms with Crippen LogP contribution in [0.15, 0.2) is 41.5 Å². The van der Waals surface area contributed by atoms with E-state index < -0.39 is 0 Å². The van der Waals surface area contributed by atoms with Crippen LogP contribution >= 0.6 is 0 Å². The second kappa shape index (κ2) is 9.12. The molecule has 0 amide bonds. The highest BCUT2D eigenvalue weighted by Gasteiger charge is 2.21. The van der Waals surface area contributed by atoms with E-state index in [1.807, 2.05) is 30.3 Å². The molecule has 3 rings (SSSR count). The van der Waals surface area contributed by atoms with E-state index >= 15 is 0 Å². The van der Waals surface area contributed by atoms with E-state index in [1.165, 1.54) is 12.8 Å². The first-order valence-electron chi connectivity index (χ1n) is 9.00. The summed E-state index contributed by atoms with van der Waals surface area (Å²) in [6.45, 7) is 1.76. The number of benzene rings is 1. The van der Waals surface area contributed by atoms with Crippen LogP contribution < -0.4 is 25.3 Å². The lowest BCUT2D eigenvalue weighted by atomic mass is 10.2. The molecule has 0 saturated heterocycles. The van der Waals surface area contributed by atoms with Crippen LogP contribution in [0.4, 0.5) is 0 Å². The van der Waals surface area contributed by atoms with Gasteiger partial charge >= 0.3 is 0 Å². The summed E-state index contributed by atoms with van der Waals surface area (Å²) in [5.74, 6) is 3.13. The number of aromatic nitrogens is 1. The smallest absolute Gasteiger partial charge is 0.213 e. The molecular weight excluding hydrogens is 344 g/mol. The van der Waals surface area contributed by atoms with Crippen molar-refractivity contribution in [3.63, 3.8) is 0 Å². The minimum absolute atomic E-state index is 0.374. The lowest BCUT2D eigenvalue weighted by molar-refractivity contribution is 0.288. The van der Waals surface area contributed by atoms with Gasteiger partial charge in [0.1, 0.15) is 0 Å². The fourth-order valence-electron chi connectivity index (χ4n) is 2.49. The number of nitrogens with two attached hydrogens (primary N) is 1. The predicted molar refractivity (Wildman–Crippen MR) is 104 cm³/mol. The highest BCUT2D eigenvalue weighted by atomic mass is 16.5. The SMILES string of the molecule is COc1ccc(CNC(N)=NCc2ccc(OCC3CC3)nc2)cc1OC. The van der Waals surface area contributed by atoms with Gasteiger partial charge in [-0.2, -0.15) is 0 Å². The molecule has 1 aromatic heterocycles. The third-order valence-corrected chi connectivity index (χ3v) is 4.31. The van der Waals surface area contributed by atoms with Gasteiger partial charge in [-0.05, 0) is 42.0 Å². The Balaban J connectivity index is 1.47. The van der Waals surface area contributed by atoms with Crippen LogP contribution in [0.3, 0.4) is 0 Å². The van der Waals surface area contributed by atoms with Gasteiger partial charge in [0.25, 0.3) is 0 Å². The summed E-state index contributed by atoms with van der Waals surface area (Å²) in [4.78, 5) is 8.65. The molecule has 2 aromatic rings. The number of ether oxygens (including phenoxy) is 3. The Kier molecular flexibility index (Phi) is 6.35. The van der Waals surface area contributed by atoms with Crippen molar-refractivity contribution in [2.75, 3.05) is 20.8 Å². The van der Waals surface area contributed by atoms with Crippen LogP contribution in [0.1, 0.15) is 24.0 Å². The van der Waals surface area contributed by atoms with Gasteiger partial charge in [-0.15, -0.1) is 0 Å². The molecule has 7 nitrogen and oxygen atoms in total. The zero-order valence-corrected chi connectivity index (χ0v) is 15.8. The molecule has 0 spiro atoms. The van der Waals surface area contributed by atoms with Crippen LogP contribution in [-0.4, -0.2) is 31.8 Å². The molecule has 0 atom stereocenters. The number of methoxy groups -OCH3 is 2. The van der Waals surface area contributed by atoms with E-state index in [0.29, 0.717) is 42.3 Å². The summed E-state index contributed by atoms with van der Waals surface area (Å²) in [5, 5.41) is 3.10. The van der Waals surface area contributed by atoms with Crippen LogP contribution in [0, 0.1) is 5.92 Å². The third kappa shape index (κ3) is 5.77. The standard InChI is InChI=1S/C20H26N4O3/c1-25-17-7-5-15(9-18(17)26-2)10-23-20(21)24-12-16-6-8-19(22-11-16)27-13-14-3-4-14/h5-9,11,14H,3-4,10,12-13H2,1-2H3,(H3,21,23,24). The van der Waals surface area contributed by atoms with Crippen molar-refractivity contribution in [1.29, 1.82) is 0 Å². The maximum absolute atomic E-state index is 5.95. The molecule has 1 aromatic carbocycles. The number of nitrogens with one attached hydrogen (secondary N) is 1. The molecule has 27 heavy (non-hydrogen) atoms. The zero-order chi connectivity index (χ0) is 19.1. The molecule has 1 saturated carbocycles. The summed E-state index contributed by atoms with van der Waals surface area (Å²) in [5.41, 5.74) is 7.95. The quantitative estimate of drug-likeness (QED) is 0.521. The Morgan fingerprint density at radius 1 is 1.15 bits per heavy atom. The molecule has 1 aliphatic carbocycles. The minimum Gasteiger partial charge on any atom is -0.493 e. The molecule has 144 valence electrons. The number of aliphatic imine (C=N–C) groups is 1. The van der Waals surface area contributed by atoms with E-state index in [2.05, 4.69) is 15.3 Å². The van der Waals surface area contributed by atoms with Gasteiger partial charge in [-0.3, -0.25) is 0 Å². The fraction of sp³-hybridized carbons (Fsp3) is 0.400. The van der Waals surface area contributed by atoms with E-state index in [-0.39, 0.29) is 0 Å². The molecule has 0 aliphatic heterocycles. The van der Waals surface area contributed by atoms with Gasteiger partial charge < -0.3 is 25.3 Å². The molecule has 1 aliphatic rings. The largest absolute Gasteiger partial charge is 0.493 e. The highest BCUT2D eigenvalue weighted by molar-refractivity contribution is 5.77. The average Bonchev–Trinajstić information content (AvgIpc) is 3.54. The van der Waals surface area contributed by atoms with E-state index in [9.17, 15) is 0 Å². The first-order chi connectivity index (χ1) is 13.2. The van der Waals surface area contributed by atoms with Crippen molar-refractivity contribution in [3.8, 4) is 17.4 Å². The van der Waals surface area contributed by atoms with Gasteiger partial charge in [0.05, 0.1) is 27.4 Å². The molecule has 0 bridgehead atoms. The monoisotopic (exact) mass is 370 g/mol. The third-order valence-electron chi connectivity index (χ3n) is 4.31. The topological polar surface area (TPSA) is 91.0 Å². The molecule has 0 radical (unpaired) electrons. The summed E-state index contributed by atoms with van der Waals surface area (Å²) in [6.07, 6.45) is 4.30. The molecular formula is C20H26N4O3. The van der Waals surface area contributed by atoms with E-state index in [0.717, 1.165) is 17.7 Å². The second-order valence-electron chi connectivity index (χ2n) is 6.50. The van der Waals surface area contributed by atoms with Crippen LogP contribution in [0.25, 0.3) is 0 Å². The molecule has 3 N–H and O–H groups in total. The van der Waals surface area contributed by atoms with Gasteiger partial charge in [0, 0.05) is 18.8 Å². The Hall–Kier alpha value is -2.96. The number of hydrogen-bond acceptors (Lipinski definition) is 5. The fourth-order valence-corrected chi connectivity index (χ4v) is 2.49. The van der Waals surface area contributed by atoms with Crippen LogP contribution in [0.2, 0.25) is 0 Å². The Morgan fingerprint density at radius 3 is 2.59 bits per heavy atom. The normalized spacial score (nSPS) is 13.9. The lowest BCUT2D eigenvalue weighted by Crippen LogP contribution is -2.31. The average molecular weight is 370 g/mol. The van der Waals surface area contributed by atoms with Crippen molar-refractivity contribution < 1.29 is 14.2 Å². The van der Waals surface area contributed by atoms with Gasteiger partial charge in [0.15, 0.2) is 17.5 Å². The number of nitrogens with zero attached hydrogens (tertiary/aromatic N) is 2. The maximum atomic E-state index is 5.95. The highest BCUT2D eigenvalue weighted by Crippen LogP contribution is 2.29. The molecule has 1 fully saturated rings. The minimum atomic E-state index is 0.374. The first kappa shape index (κ1) is 18.8. The zero-order valence-electron chi connectivity index (χ0n) is 15.8. The van der Waals surface area contributed by atoms with Crippen molar-refractivity contribution in [3.05, 3.63) is 47.7 Å². The Morgan fingerprint density at radius 2 is 1.93 bits per heavy atom. The molecule has 1 heterocycles. The number of rotatable bonds is 9. The number of hydrogen-bond donors (Lipinski definition) is 2. The summed E-state index contributed by atoms with van der Waals surface area (Å²) >= 11 is 0. The van der Waals surface area contributed by atoms with E-state index in [4.69, 9.17) is 19.9 Å². The van der Waals surface area contributed by atoms with Gasteiger partial charge in [-0.25, -0.2) is 9.98 Å². The van der Waals surface area contributed by atoms with Gasteiger partial charge in [0.2, 0.25) is 5.88 Å². The molecule has 0 unspecified atom stereocenters. The summed E-state index contributed by atoms with van der Waals surface area (Å²) in [6, 6.07) is 9.55. The van der Waals surface area contributed by atoms with Gasteiger partial charge in [-0.1, -0.05) is 12.1 Å². The maximum Gasteiger partial charge on any atom is 0.213 e. The summed E-state index contributed by atoms with van der Waals surface area (Å²) < 4.78 is 16.2. The van der Waals surface area contributed by atoms with Crippen molar-refractivity contribution in [1.82, 2.24) is 10.3 Å². The predicted octanol–water partition coefficient (Wildman–Crippen LogP) is 2.49. The summed E-state index contributed by atoms with van der Waals surface area (Å²) in [7, 11) is 3.22. The second-order valence-corrected chi connectivity index (χ2v) is 6.50. The number of pyridine rings is 1. The molecule has 7 heteroatoms. The Bertz CT molecular complexity index is 773. The first-order valence-corrected chi connectivity index (χ1v) is 9.00. The van der Waals surface area contributed by atoms with Crippen molar-refractivity contribution in [2.45, 2.75) is 25.9 Å². The van der Waals surface area contributed by atoms with Crippen LogP contribution in [0.5, 0.6) is 17.4 Å². The number of guanidine groups is 1. The van der Waals surface area contributed by atoms with E-state index in [1.54, 1.807) is 20.4 Å². The van der Waals surface area contributed by atoms with Crippen molar-refractivity contribution >= 4 is 5.96 Å². The lowest BCUT2D eigenvalue weighted by Gasteiger charge is -2.10. The van der Waals surface area contributed by atoms with Crippen molar-refractivity contribution in [2.24, 2.45) is 16.6 Å².